The van der Waals surface area contributed by atoms with Crippen LogP contribution in [0, 0.1) is 6.92 Å². The summed E-state index contributed by atoms with van der Waals surface area (Å²) in [6.45, 7) is 1.78. The first kappa shape index (κ1) is 14.4. The molecular formula is C12H10ClN3O3S. The molecule has 1 amide bonds. The predicted molar refractivity (Wildman–Crippen MR) is 75.4 cm³/mol. The number of methoxy groups -OCH3 is 1. The van der Waals surface area contributed by atoms with Gasteiger partial charge in [0.15, 0.2) is 0 Å². The molecule has 0 bridgehead atoms. The van der Waals surface area contributed by atoms with E-state index in [1.54, 1.807) is 12.3 Å². The number of carbonyl (C=O) groups is 2. The standard InChI is InChI=1S/C12H10ClN3O3S/c1-6-5-20-10(12(18)19-2)9(6)16-11(17)7-3-14-4-8(13)15-7/h3-5H,1-2H3,(H,16,17). The van der Waals surface area contributed by atoms with E-state index in [0.29, 0.717) is 10.6 Å². The summed E-state index contributed by atoms with van der Waals surface area (Å²) in [6, 6.07) is 0. The number of thiophene rings is 1. The van der Waals surface area contributed by atoms with Gasteiger partial charge in [-0.3, -0.25) is 9.78 Å². The van der Waals surface area contributed by atoms with E-state index in [-0.39, 0.29) is 10.8 Å². The van der Waals surface area contributed by atoms with Crippen LogP contribution < -0.4 is 5.32 Å². The minimum absolute atomic E-state index is 0.0684. The van der Waals surface area contributed by atoms with Crippen molar-refractivity contribution in [2.24, 2.45) is 0 Å². The van der Waals surface area contributed by atoms with Crippen molar-refractivity contribution in [1.82, 2.24) is 9.97 Å². The van der Waals surface area contributed by atoms with Crippen molar-refractivity contribution >= 4 is 40.5 Å². The molecule has 2 aromatic heterocycles. The zero-order valence-corrected chi connectivity index (χ0v) is 12.2. The van der Waals surface area contributed by atoms with E-state index in [2.05, 4.69) is 20.0 Å². The molecule has 104 valence electrons. The lowest BCUT2D eigenvalue weighted by molar-refractivity contribution is 0.0607. The number of amides is 1. The lowest BCUT2D eigenvalue weighted by atomic mass is 10.2. The normalized spacial score (nSPS) is 10.2. The van der Waals surface area contributed by atoms with Crippen LogP contribution in [0.4, 0.5) is 5.69 Å². The average molecular weight is 312 g/mol. The van der Waals surface area contributed by atoms with Crippen LogP contribution in [0.5, 0.6) is 0 Å². The Kier molecular flexibility index (Phi) is 4.31. The van der Waals surface area contributed by atoms with E-state index < -0.39 is 11.9 Å². The van der Waals surface area contributed by atoms with Gasteiger partial charge in [-0.05, 0) is 17.9 Å². The number of carbonyl (C=O) groups excluding carboxylic acids is 2. The van der Waals surface area contributed by atoms with E-state index in [4.69, 9.17) is 11.6 Å². The Morgan fingerprint density at radius 2 is 2.15 bits per heavy atom. The number of halogens is 1. The molecule has 0 saturated heterocycles. The molecule has 20 heavy (non-hydrogen) atoms. The topological polar surface area (TPSA) is 81.2 Å². The number of esters is 1. The highest BCUT2D eigenvalue weighted by Crippen LogP contribution is 2.28. The van der Waals surface area contributed by atoms with E-state index >= 15 is 0 Å². The molecule has 2 rings (SSSR count). The number of hydrogen-bond donors (Lipinski definition) is 1. The maximum atomic E-state index is 12.1. The molecule has 8 heteroatoms. The van der Waals surface area contributed by atoms with Crippen LogP contribution in [-0.2, 0) is 4.74 Å². The molecule has 0 spiro atoms. The van der Waals surface area contributed by atoms with Crippen molar-refractivity contribution in [3.8, 4) is 0 Å². The summed E-state index contributed by atoms with van der Waals surface area (Å²) < 4.78 is 4.67. The molecule has 2 aromatic rings. The molecule has 2 heterocycles. The Morgan fingerprint density at radius 1 is 1.40 bits per heavy atom. The average Bonchev–Trinajstić information content (AvgIpc) is 2.79. The third-order valence-corrected chi connectivity index (χ3v) is 3.68. The first-order valence-corrected chi connectivity index (χ1v) is 6.74. The van der Waals surface area contributed by atoms with Gasteiger partial charge in [-0.2, -0.15) is 0 Å². The Balaban J connectivity index is 2.28. The maximum absolute atomic E-state index is 12.1. The fourth-order valence-corrected chi connectivity index (χ4v) is 2.54. The second kappa shape index (κ2) is 5.98. The Labute approximate surface area is 123 Å². The molecule has 6 nitrogen and oxygen atoms in total. The van der Waals surface area contributed by atoms with Gasteiger partial charge >= 0.3 is 5.97 Å². The van der Waals surface area contributed by atoms with Crippen LogP contribution >= 0.6 is 22.9 Å². The van der Waals surface area contributed by atoms with E-state index in [1.165, 1.54) is 30.8 Å². The molecule has 0 aliphatic heterocycles. The summed E-state index contributed by atoms with van der Waals surface area (Å²) in [5, 5.41) is 4.50. The summed E-state index contributed by atoms with van der Waals surface area (Å²) in [6.07, 6.45) is 2.62. The summed E-state index contributed by atoms with van der Waals surface area (Å²) in [4.78, 5) is 31.6. The lowest BCUT2D eigenvalue weighted by Crippen LogP contribution is -2.16. The van der Waals surface area contributed by atoms with Crippen LogP contribution in [0.25, 0.3) is 0 Å². The number of hydrogen-bond acceptors (Lipinski definition) is 6. The molecule has 0 fully saturated rings. The monoisotopic (exact) mass is 311 g/mol. The molecule has 0 aromatic carbocycles. The third-order valence-electron chi connectivity index (χ3n) is 2.42. The maximum Gasteiger partial charge on any atom is 0.350 e. The van der Waals surface area contributed by atoms with Gasteiger partial charge in [-0.1, -0.05) is 11.6 Å². The highest BCUT2D eigenvalue weighted by atomic mass is 35.5. The van der Waals surface area contributed by atoms with Gasteiger partial charge in [-0.25, -0.2) is 9.78 Å². The van der Waals surface area contributed by atoms with Gasteiger partial charge in [0, 0.05) is 0 Å². The van der Waals surface area contributed by atoms with Gasteiger partial charge in [0.05, 0.1) is 25.2 Å². The van der Waals surface area contributed by atoms with Crippen LogP contribution in [0.2, 0.25) is 5.15 Å². The van der Waals surface area contributed by atoms with E-state index in [9.17, 15) is 9.59 Å². The zero-order chi connectivity index (χ0) is 14.7. The summed E-state index contributed by atoms with van der Waals surface area (Å²) >= 11 is 6.88. The minimum atomic E-state index is -0.504. The molecule has 0 saturated carbocycles. The van der Waals surface area contributed by atoms with Crippen LogP contribution in [0.15, 0.2) is 17.8 Å². The summed E-state index contributed by atoms with van der Waals surface area (Å²) in [5.41, 5.74) is 1.24. The molecule has 0 radical (unpaired) electrons. The van der Waals surface area contributed by atoms with Gasteiger partial charge in [0.1, 0.15) is 15.7 Å². The number of aromatic nitrogens is 2. The van der Waals surface area contributed by atoms with Crippen molar-refractivity contribution in [2.75, 3.05) is 12.4 Å². The zero-order valence-electron chi connectivity index (χ0n) is 10.6. The number of anilines is 1. The fraction of sp³-hybridized carbons (Fsp3) is 0.167. The highest BCUT2D eigenvalue weighted by molar-refractivity contribution is 7.12. The largest absolute Gasteiger partial charge is 0.465 e. The summed E-state index contributed by atoms with van der Waals surface area (Å²) in [5.74, 6) is -0.998. The smallest absolute Gasteiger partial charge is 0.350 e. The Hall–Kier alpha value is -1.99. The second-order valence-corrected chi connectivity index (χ2v) is 5.06. The van der Waals surface area contributed by atoms with Crippen LogP contribution in [-0.4, -0.2) is 29.0 Å². The van der Waals surface area contributed by atoms with Crippen molar-refractivity contribution in [1.29, 1.82) is 0 Å². The third kappa shape index (κ3) is 2.94. The first-order chi connectivity index (χ1) is 9.52. The number of rotatable bonds is 3. The molecule has 0 unspecified atom stereocenters. The SMILES string of the molecule is COC(=O)c1scc(C)c1NC(=O)c1cncc(Cl)n1. The lowest BCUT2D eigenvalue weighted by Gasteiger charge is -2.06. The van der Waals surface area contributed by atoms with Gasteiger partial charge in [0.25, 0.3) is 5.91 Å². The number of ether oxygens (including phenoxy) is 1. The minimum Gasteiger partial charge on any atom is -0.465 e. The van der Waals surface area contributed by atoms with Gasteiger partial charge in [-0.15, -0.1) is 11.3 Å². The molecular weight excluding hydrogens is 302 g/mol. The quantitative estimate of drug-likeness (QED) is 0.881. The van der Waals surface area contributed by atoms with E-state index in [1.807, 2.05) is 0 Å². The predicted octanol–water partition coefficient (Wildman–Crippen LogP) is 2.54. The van der Waals surface area contributed by atoms with Crippen molar-refractivity contribution in [2.45, 2.75) is 6.92 Å². The second-order valence-electron chi connectivity index (χ2n) is 3.80. The molecule has 0 aliphatic rings. The van der Waals surface area contributed by atoms with Gasteiger partial charge in [0.2, 0.25) is 0 Å². The van der Waals surface area contributed by atoms with E-state index in [0.717, 1.165) is 5.56 Å². The number of nitrogens with one attached hydrogen (secondary N) is 1. The summed E-state index contributed by atoms with van der Waals surface area (Å²) in [7, 11) is 1.28. The van der Waals surface area contributed by atoms with Crippen molar-refractivity contribution in [3.63, 3.8) is 0 Å². The van der Waals surface area contributed by atoms with Gasteiger partial charge < -0.3 is 10.1 Å². The van der Waals surface area contributed by atoms with Crippen molar-refractivity contribution < 1.29 is 14.3 Å². The highest BCUT2D eigenvalue weighted by Gasteiger charge is 2.19. The molecule has 1 N–H and O–H groups in total. The number of aryl methyl sites for hydroxylation is 1. The van der Waals surface area contributed by atoms with Crippen molar-refractivity contribution in [3.05, 3.63) is 39.1 Å². The Bertz CT molecular complexity index is 672. The number of nitrogens with zero attached hydrogens (tertiary/aromatic N) is 2. The molecule has 0 atom stereocenters. The van der Waals surface area contributed by atoms with Crippen LogP contribution in [0.1, 0.15) is 25.7 Å². The first-order valence-electron chi connectivity index (χ1n) is 5.48. The Morgan fingerprint density at radius 3 is 2.80 bits per heavy atom. The fourth-order valence-electron chi connectivity index (χ4n) is 1.47. The molecule has 0 aliphatic carbocycles. The van der Waals surface area contributed by atoms with Crippen LogP contribution in [0.3, 0.4) is 0 Å².